The zero-order chi connectivity index (χ0) is 13.3. The van der Waals surface area contributed by atoms with Crippen LogP contribution >= 0.6 is 0 Å². The van der Waals surface area contributed by atoms with Crippen LogP contribution in [-0.4, -0.2) is 17.9 Å². The van der Waals surface area contributed by atoms with Gasteiger partial charge in [0.05, 0.1) is 0 Å². The summed E-state index contributed by atoms with van der Waals surface area (Å²) in [5.74, 6) is 1.85. The fourth-order valence-corrected chi connectivity index (χ4v) is 3.47. The first kappa shape index (κ1) is 13.3. The van der Waals surface area contributed by atoms with E-state index in [1.54, 1.807) is 13.8 Å². The first-order valence-electron chi connectivity index (χ1n) is 6.83. The monoisotopic (exact) mass is 250 g/mol. The lowest BCUT2D eigenvalue weighted by atomic mass is 9.84. The van der Waals surface area contributed by atoms with E-state index in [-0.39, 0.29) is 17.9 Å². The summed E-state index contributed by atoms with van der Waals surface area (Å²) in [6.07, 6.45) is 5.06. The molecule has 2 saturated carbocycles. The topological polar surface area (TPSA) is 43.4 Å². The summed E-state index contributed by atoms with van der Waals surface area (Å²) in [7, 11) is 0. The fraction of sp³-hybridized carbons (Fsp3) is 0.733. The average Bonchev–Trinajstić information content (AvgIpc) is 2.85. The van der Waals surface area contributed by atoms with Crippen molar-refractivity contribution < 1.29 is 14.3 Å². The highest BCUT2D eigenvalue weighted by Gasteiger charge is 2.47. The van der Waals surface area contributed by atoms with Gasteiger partial charge in [-0.05, 0) is 57.3 Å². The maximum atomic E-state index is 11.5. The number of carbonyl (C=O) groups excluding carboxylic acids is 2. The molecular weight excluding hydrogens is 228 g/mol. The zero-order valence-electron chi connectivity index (χ0n) is 11.3. The van der Waals surface area contributed by atoms with Gasteiger partial charge in [0.1, 0.15) is 11.9 Å². The van der Waals surface area contributed by atoms with Gasteiger partial charge in [0, 0.05) is 12.0 Å². The predicted octanol–water partition coefficient (Wildman–Crippen LogP) is 2.89. The van der Waals surface area contributed by atoms with E-state index in [0.717, 1.165) is 25.7 Å². The molecule has 0 aromatic carbocycles. The summed E-state index contributed by atoms with van der Waals surface area (Å²) < 4.78 is 5.48. The first-order chi connectivity index (χ1) is 8.47. The van der Waals surface area contributed by atoms with Gasteiger partial charge in [0.15, 0.2) is 0 Å². The van der Waals surface area contributed by atoms with Crippen LogP contribution in [0.3, 0.4) is 0 Å². The lowest BCUT2D eigenvalue weighted by Crippen LogP contribution is -2.27. The average molecular weight is 250 g/mol. The predicted molar refractivity (Wildman–Crippen MR) is 68.9 cm³/mol. The molecule has 0 radical (unpaired) electrons. The van der Waals surface area contributed by atoms with E-state index in [1.807, 2.05) is 0 Å². The summed E-state index contributed by atoms with van der Waals surface area (Å²) in [6, 6.07) is 0. The molecule has 2 rings (SSSR count). The Labute approximate surface area is 109 Å². The first-order valence-corrected chi connectivity index (χ1v) is 6.83. The smallest absolute Gasteiger partial charge is 0.333 e. The van der Waals surface area contributed by atoms with Crippen LogP contribution in [0.2, 0.25) is 0 Å². The summed E-state index contributed by atoms with van der Waals surface area (Å²) in [5, 5.41) is 0. The van der Waals surface area contributed by atoms with Gasteiger partial charge in [0.2, 0.25) is 0 Å². The molecule has 0 amide bonds. The number of hydrogen-bond acceptors (Lipinski definition) is 3. The van der Waals surface area contributed by atoms with Gasteiger partial charge in [-0.15, -0.1) is 0 Å². The van der Waals surface area contributed by atoms with Gasteiger partial charge in [-0.3, -0.25) is 0 Å². The van der Waals surface area contributed by atoms with Crippen LogP contribution < -0.4 is 0 Å². The summed E-state index contributed by atoms with van der Waals surface area (Å²) in [6.45, 7) is 6.95. The molecule has 2 fully saturated rings. The minimum absolute atomic E-state index is 0.0905. The van der Waals surface area contributed by atoms with Crippen molar-refractivity contribution in [3.8, 4) is 0 Å². The summed E-state index contributed by atoms with van der Waals surface area (Å²) in [5.41, 5.74) is 0.478. The third kappa shape index (κ3) is 2.82. The Balaban J connectivity index is 1.82. The van der Waals surface area contributed by atoms with Crippen molar-refractivity contribution in [1.29, 1.82) is 0 Å². The van der Waals surface area contributed by atoms with Crippen LogP contribution in [0.1, 0.15) is 46.0 Å². The molecule has 100 valence electrons. The molecule has 18 heavy (non-hydrogen) atoms. The Kier molecular flexibility index (Phi) is 3.88. The molecule has 2 aliphatic carbocycles. The highest BCUT2D eigenvalue weighted by molar-refractivity contribution is 5.87. The van der Waals surface area contributed by atoms with E-state index in [4.69, 9.17) is 4.74 Å². The van der Waals surface area contributed by atoms with Gasteiger partial charge < -0.3 is 9.53 Å². The van der Waals surface area contributed by atoms with Crippen LogP contribution in [-0.2, 0) is 14.3 Å². The summed E-state index contributed by atoms with van der Waals surface area (Å²) in [4.78, 5) is 22.5. The minimum atomic E-state index is -0.257. The van der Waals surface area contributed by atoms with Gasteiger partial charge in [-0.2, -0.15) is 0 Å². The van der Waals surface area contributed by atoms with E-state index >= 15 is 0 Å². The van der Waals surface area contributed by atoms with Crippen LogP contribution in [0, 0.1) is 17.8 Å². The SMILES string of the molecule is C=C(C)C(=O)OC1CC2CC1CC2CCC(C)=O. The second kappa shape index (κ2) is 5.25. The van der Waals surface area contributed by atoms with Gasteiger partial charge >= 0.3 is 5.97 Å². The molecule has 0 saturated heterocycles. The molecule has 3 nitrogen and oxygen atoms in total. The Bertz CT molecular complexity index is 372. The Morgan fingerprint density at radius 2 is 1.89 bits per heavy atom. The van der Waals surface area contributed by atoms with Crippen molar-refractivity contribution in [2.75, 3.05) is 0 Å². The van der Waals surface area contributed by atoms with Crippen LogP contribution in [0.4, 0.5) is 0 Å². The number of carbonyl (C=O) groups is 2. The second-order valence-corrected chi connectivity index (χ2v) is 5.95. The number of Topliss-reactive ketones (excluding diaryl/α,β-unsaturated/α-hetero) is 1. The molecule has 4 unspecified atom stereocenters. The molecule has 3 heteroatoms. The maximum Gasteiger partial charge on any atom is 0.333 e. The number of esters is 1. The van der Waals surface area contributed by atoms with Crippen LogP contribution in [0.5, 0.6) is 0 Å². The molecule has 0 N–H and O–H groups in total. The zero-order valence-corrected chi connectivity index (χ0v) is 11.3. The molecule has 0 aliphatic heterocycles. The third-order valence-electron chi connectivity index (χ3n) is 4.41. The van der Waals surface area contributed by atoms with Crippen LogP contribution in [0.15, 0.2) is 12.2 Å². The highest BCUT2D eigenvalue weighted by atomic mass is 16.5. The Hall–Kier alpha value is -1.12. The number of ether oxygens (including phenoxy) is 1. The Morgan fingerprint density at radius 1 is 1.17 bits per heavy atom. The molecule has 0 spiro atoms. The summed E-state index contributed by atoms with van der Waals surface area (Å²) >= 11 is 0. The highest BCUT2D eigenvalue weighted by Crippen LogP contribution is 2.51. The van der Waals surface area contributed by atoms with Crippen molar-refractivity contribution >= 4 is 11.8 Å². The lowest BCUT2D eigenvalue weighted by Gasteiger charge is -2.27. The van der Waals surface area contributed by atoms with Gasteiger partial charge in [-0.25, -0.2) is 4.79 Å². The number of rotatable bonds is 5. The molecular formula is C15H22O3. The number of ketones is 1. The molecule has 0 aromatic heterocycles. The van der Waals surface area contributed by atoms with E-state index in [0.29, 0.717) is 29.7 Å². The molecule has 4 atom stereocenters. The Morgan fingerprint density at radius 3 is 2.39 bits per heavy atom. The lowest BCUT2D eigenvalue weighted by molar-refractivity contribution is -0.147. The number of hydrogen-bond donors (Lipinski definition) is 0. The van der Waals surface area contributed by atoms with E-state index in [2.05, 4.69) is 6.58 Å². The second-order valence-electron chi connectivity index (χ2n) is 5.95. The molecule has 0 heterocycles. The van der Waals surface area contributed by atoms with E-state index in [9.17, 15) is 9.59 Å². The van der Waals surface area contributed by atoms with E-state index < -0.39 is 0 Å². The normalized spacial score (nSPS) is 33.4. The quantitative estimate of drug-likeness (QED) is 0.556. The molecule has 0 aromatic rings. The fourth-order valence-electron chi connectivity index (χ4n) is 3.47. The van der Waals surface area contributed by atoms with Crippen molar-refractivity contribution in [3.63, 3.8) is 0 Å². The molecule has 2 aliphatic rings. The van der Waals surface area contributed by atoms with Crippen molar-refractivity contribution in [1.82, 2.24) is 0 Å². The standard InChI is InChI=1S/C15H22O3/c1-9(2)15(17)18-14-8-12-7-13(14)6-11(12)5-4-10(3)16/h11-14H,1,4-8H2,2-3H3. The minimum Gasteiger partial charge on any atom is -0.459 e. The largest absolute Gasteiger partial charge is 0.459 e. The van der Waals surface area contributed by atoms with Gasteiger partial charge in [-0.1, -0.05) is 6.58 Å². The van der Waals surface area contributed by atoms with Crippen molar-refractivity contribution in [2.24, 2.45) is 17.8 Å². The van der Waals surface area contributed by atoms with E-state index in [1.165, 1.54) is 0 Å². The van der Waals surface area contributed by atoms with Crippen molar-refractivity contribution in [3.05, 3.63) is 12.2 Å². The van der Waals surface area contributed by atoms with Crippen molar-refractivity contribution in [2.45, 2.75) is 52.1 Å². The molecule has 2 bridgehead atoms. The number of fused-ring (bicyclic) bond motifs is 2. The van der Waals surface area contributed by atoms with Crippen LogP contribution in [0.25, 0.3) is 0 Å². The third-order valence-corrected chi connectivity index (χ3v) is 4.41. The van der Waals surface area contributed by atoms with Gasteiger partial charge in [0.25, 0.3) is 0 Å². The maximum absolute atomic E-state index is 11.5.